The molecule has 0 spiro atoms. The zero-order valence-corrected chi connectivity index (χ0v) is 23.4. The molecule has 0 radical (unpaired) electrons. The molecule has 0 bridgehead atoms. The van der Waals surface area contributed by atoms with Crippen LogP contribution in [0.3, 0.4) is 0 Å². The van der Waals surface area contributed by atoms with Gasteiger partial charge in [0.1, 0.15) is 18.2 Å². The van der Waals surface area contributed by atoms with Gasteiger partial charge in [-0.25, -0.2) is 9.97 Å². The molecule has 8 heteroatoms. The summed E-state index contributed by atoms with van der Waals surface area (Å²) < 4.78 is 13.7. The molecule has 1 fully saturated rings. The van der Waals surface area contributed by atoms with E-state index in [0.717, 1.165) is 65.3 Å². The Morgan fingerprint density at radius 2 is 1.73 bits per heavy atom. The van der Waals surface area contributed by atoms with Crippen molar-refractivity contribution in [2.75, 3.05) is 31.2 Å². The number of aromatic nitrogens is 3. The van der Waals surface area contributed by atoms with Crippen LogP contribution in [0.4, 0.5) is 5.69 Å². The topological polar surface area (TPSA) is 89.7 Å². The Hall–Kier alpha value is -4.43. The Balaban J connectivity index is 1.26. The van der Waals surface area contributed by atoms with Crippen molar-refractivity contribution in [3.63, 3.8) is 0 Å². The van der Waals surface area contributed by atoms with E-state index in [1.807, 2.05) is 48.5 Å². The number of ether oxygens (including phenoxy) is 2. The number of morpholine rings is 1. The van der Waals surface area contributed by atoms with Crippen LogP contribution in [-0.4, -0.2) is 51.9 Å². The molecule has 3 aromatic carbocycles. The third kappa shape index (κ3) is 5.88. The number of imidazole rings is 1. The first-order valence-electron chi connectivity index (χ1n) is 14.0. The average Bonchev–Trinajstić information content (AvgIpc) is 3.31. The van der Waals surface area contributed by atoms with Gasteiger partial charge in [-0.2, -0.15) is 0 Å². The number of nitrogens with zero attached hydrogens (tertiary/aromatic N) is 4. The first-order valence-corrected chi connectivity index (χ1v) is 14.0. The minimum Gasteiger partial charge on any atom is -0.487 e. The van der Waals surface area contributed by atoms with Crippen LogP contribution in [0, 0.1) is 5.41 Å². The van der Waals surface area contributed by atoms with Crippen molar-refractivity contribution in [1.29, 1.82) is 0 Å². The summed E-state index contributed by atoms with van der Waals surface area (Å²) in [7, 11) is 0. The molecule has 8 nitrogen and oxygen atoms in total. The summed E-state index contributed by atoms with van der Waals surface area (Å²) in [6, 6.07) is 26.5. The molecule has 1 aliphatic rings. The van der Waals surface area contributed by atoms with Crippen LogP contribution < -0.4 is 9.64 Å². The van der Waals surface area contributed by atoms with E-state index in [2.05, 4.69) is 39.8 Å². The molecule has 210 valence electrons. The Morgan fingerprint density at radius 1 is 0.951 bits per heavy atom. The van der Waals surface area contributed by atoms with Crippen LogP contribution in [0.2, 0.25) is 0 Å². The van der Waals surface area contributed by atoms with Crippen LogP contribution in [0.15, 0.2) is 78.9 Å². The number of hydrogen-bond donors (Lipinski definition) is 1. The lowest BCUT2D eigenvalue weighted by Crippen LogP contribution is -2.36. The van der Waals surface area contributed by atoms with Crippen LogP contribution in [0.1, 0.15) is 30.9 Å². The van der Waals surface area contributed by atoms with Gasteiger partial charge in [0.25, 0.3) is 0 Å². The molecule has 1 aliphatic heterocycles. The molecule has 3 heterocycles. The van der Waals surface area contributed by atoms with Crippen LogP contribution in [-0.2, 0) is 29.1 Å². The first-order chi connectivity index (χ1) is 19.9. The van der Waals surface area contributed by atoms with E-state index < -0.39 is 11.4 Å². The van der Waals surface area contributed by atoms with Crippen molar-refractivity contribution >= 4 is 33.6 Å². The van der Waals surface area contributed by atoms with Crippen molar-refractivity contribution in [1.82, 2.24) is 14.5 Å². The number of carbonyl (C=O) groups is 1. The van der Waals surface area contributed by atoms with Gasteiger partial charge in [0, 0.05) is 43.2 Å². The largest absolute Gasteiger partial charge is 0.487 e. The maximum atomic E-state index is 12.0. The Morgan fingerprint density at radius 3 is 2.51 bits per heavy atom. The molecule has 0 amide bonds. The molecular weight excluding hydrogens is 516 g/mol. The normalized spacial score (nSPS) is 14.0. The summed E-state index contributed by atoms with van der Waals surface area (Å²) in [5, 5.41) is 10.9. The molecule has 6 rings (SSSR count). The van der Waals surface area contributed by atoms with Gasteiger partial charge in [-0.3, -0.25) is 4.79 Å². The number of aliphatic carboxylic acids is 1. The highest BCUT2D eigenvalue weighted by Crippen LogP contribution is 2.29. The lowest BCUT2D eigenvalue weighted by molar-refractivity contribution is -0.146. The highest BCUT2D eigenvalue weighted by atomic mass is 16.5. The third-order valence-electron chi connectivity index (χ3n) is 7.67. The summed E-state index contributed by atoms with van der Waals surface area (Å²) in [5.74, 6) is 0.576. The van der Waals surface area contributed by atoms with Gasteiger partial charge in [0.15, 0.2) is 0 Å². The van der Waals surface area contributed by atoms with Crippen LogP contribution in [0.5, 0.6) is 5.75 Å². The number of anilines is 1. The SMILES string of the molecule is CC(C)(Cc1nc2cc(OCc3ccc4ccccc4n3)ccc2n1Cc1ccc(N2CCOCC2)cc1)C(=O)O. The zero-order chi connectivity index (χ0) is 28.4. The number of carboxylic acid groups (broad SMARTS) is 1. The Bertz CT molecular complexity index is 1690. The smallest absolute Gasteiger partial charge is 0.309 e. The summed E-state index contributed by atoms with van der Waals surface area (Å²) in [6.07, 6.45) is 0.306. The maximum Gasteiger partial charge on any atom is 0.309 e. The van der Waals surface area contributed by atoms with E-state index in [0.29, 0.717) is 25.3 Å². The molecule has 1 saturated heterocycles. The standard InChI is InChI=1S/C33H34N4O4/c1-33(2,32(38)39)20-31-35-29-19-27(41-22-25-10-9-24-5-3-4-6-28(24)34-25)13-14-30(29)37(31)21-23-7-11-26(12-8-23)36-15-17-40-18-16-36/h3-14,19H,15-18,20-22H2,1-2H3,(H,38,39). The first kappa shape index (κ1) is 26.8. The van der Waals surface area contributed by atoms with E-state index in [9.17, 15) is 9.90 Å². The number of benzene rings is 3. The summed E-state index contributed by atoms with van der Waals surface area (Å²) >= 11 is 0. The van der Waals surface area contributed by atoms with Gasteiger partial charge in [-0.1, -0.05) is 36.4 Å². The highest BCUT2D eigenvalue weighted by molar-refractivity contribution is 5.79. The van der Waals surface area contributed by atoms with Crippen molar-refractivity contribution < 1.29 is 19.4 Å². The van der Waals surface area contributed by atoms with Gasteiger partial charge >= 0.3 is 5.97 Å². The molecule has 41 heavy (non-hydrogen) atoms. The van der Waals surface area contributed by atoms with Gasteiger partial charge < -0.3 is 24.0 Å². The Kier molecular flexibility index (Phi) is 7.32. The van der Waals surface area contributed by atoms with Crippen molar-refractivity contribution in [2.24, 2.45) is 5.41 Å². The summed E-state index contributed by atoms with van der Waals surface area (Å²) in [6.45, 7) is 7.68. The molecule has 0 atom stereocenters. The van der Waals surface area contributed by atoms with E-state index in [-0.39, 0.29) is 0 Å². The predicted octanol–water partition coefficient (Wildman–Crippen LogP) is 5.70. The van der Waals surface area contributed by atoms with Crippen molar-refractivity contribution in [3.8, 4) is 5.75 Å². The number of pyridine rings is 1. The van der Waals surface area contributed by atoms with Gasteiger partial charge in [-0.05, 0) is 55.8 Å². The summed E-state index contributed by atoms with van der Waals surface area (Å²) in [4.78, 5) is 23.9. The van der Waals surface area contributed by atoms with E-state index in [4.69, 9.17) is 19.4 Å². The molecule has 0 aliphatic carbocycles. The number of carboxylic acids is 1. The quantitative estimate of drug-likeness (QED) is 0.252. The number of fused-ring (bicyclic) bond motifs is 2. The molecule has 0 unspecified atom stereocenters. The Labute approximate surface area is 239 Å². The van der Waals surface area contributed by atoms with Crippen LogP contribution >= 0.6 is 0 Å². The minimum absolute atomic E-state index is 0.306. The second-order valence-electron chi connectivity index (χ2n) is 11.2. The number of hydrogen-bond acceptors (Lipinski definition) is 6. The molecule has 1 N–H and O–H groups in total. The summed E-state index contributed by atoms with van der Waals surface area (Å²) in [5.41, 5.74) is 4.84. The lowest BCUT2D eigenvalue weighted by Gasteiger charge is -2.29. The molecule has 0 saturated carbocycles. The van der Waals surface area contributed by atoms with E-state index in [1.54, 1.807) is 13.8 Å². The van der Waals surface area contributed by atoms with Crippen molar-refractivity contribution in [3.05, 3.63) is 95.9 Å². The van der Waals surface area contributed by atoms with E-state index in [1.165, 1.54) is 5.69 Å². The fourth-order valence-corrected chi connectivity index (χ4v) is 5.19. The number of rotatable bonds is 9. The number of para-hydroxylation sites is 1. The molecule has 5 aromatic rings. The second kappa shape index (κ2) is 11.2. The zero-order valence-electron chi connectivity index (χ0n) is 23.4. The monoisotopic (exact) mass is 550 g/mol. The lowest BCUT2D eigenvalue weighted by atomic mass is 9.89. The van der Waals surface area contributed by atoms with Gasteiger partial charge in [0.2, 0.25) is 0 Å². The van der Waals surface area contributed by atoms with Crippen LogP contribution in [0.25, 0.3) is 21.9 Å². The third-order valence-corrected chi connectivity index (χ3v) is 7.67. The molecular formula is C33H34N4O4. The molecule has 2 aromatic heterocycles. The second-order valence-corrected chi connectivity index (χ2v) is 11.2. The highest BCUT2D eigenvalue weighted by Gasteiger charge is 2.30. The minimum atomic E-state index is -0.958. The predicted molar refractivity (Wildman–Crippen MR) is 160 cm³/mol. The average molecular weight is 551 g/mol. The maximum absolute atomic E-state index is 12.0. The van der Waals surface area contributed by atoms with Crippen molar-refractivity contribution in [2.45, 2.75) is 33.4 Å². The fraction of sp³-hybridized carbons (Fsp3) is 0.303. The van der Waals surface area contributed by atoms with E-state index >= 15 is 0 Å². The van der Waals surface area contributed by atoms with Gasteiger partial charge in [0.05, 0.1) is 40.9 Å². The fourth-order valence-electron chi connectivity index (χ4n) is 5.19. The van der Waals surface area contributed by atoms with Gasteiger partial charge in [-0.15, -0.1) is 0 Å².